The van der Waals surface area contributed by atoms with Crippen molar-refractivity contribution in [2.24, 2.45) is 0 Å². The van der Waals surface area contributed by atoms with Gasteiger partial charge >= 0.3 is 6.09 Å². The molecule has 0 aliphatic carbocycles. The maximum absolute atomic E-state index is 13.5. The summed E-state index contributed by atoms with van der Waals surface area (Å²) in [5, 5.41) is 15.5. The lowest BCUT2D eigenvalue weighted by atomic mass is 10.00. The van der Waals surface area contributed by atoms with Gasteiger partial charge in [-0.1, -0.05) is 32.4 Å². The average Bonchev–Trinajstić information content (AvgIpc) is 2.69. The molecule has 0 spiro atoms. The molecule has 1 rings (SSSR count). The Bertz CT molecular complexity index is 775. The van der Waals surface area contributed by atoms with Gasteiger partial charge in [0.15, 0.2) is 0 Å². The van der Waals surface area contributed by atoms with Gasteiger partial charge in [-0.25, -0.2) is 4.79 Å². The number of nitrogens with one attached hydrogen (secondary N) is 2. The van der Waals surface area contributed by atoms with Gasteiger partial charge in [-0.05, 0) is 65.2 Å². The molecule has 0 saturated heterocycles. The van der Waals surface area contributed by atoms with Gasteiger partial charge in [-0.3, -0.25) is 9.59 Å². The first-order valence-electron chi connectivity index (χ1n) is 11.3. The molecule has 0 aliphatic heterocycles. The number of carbonyl (C=O) groups excluding carboxylic acids is 3. The summed E-state index contributed by atoms with van der Waals surface area (Å²) in [5.74, 6) is -0.739. The van der Waals surface area contributed by atoms with Gasteiger partial charge < -0.3 is 25.4 Å². The molecule has 3 unspecified atom stereocenters. The van der Waals surface area contributed by atoms with Gasteiger partial charge in [0.1, 0.15) is 23.4 Å². The molecular formula is C24H39N3O5. The number of alkyl carbamates (subject to hydrolysis) is 1. The lowest BCUT2D eigenvalue weighted by molar-refractivity contribution is -0.144. The van der Waals surface area contributed by atoms with E-state index in [2.05, 4.69) is 10.6 Å². The first kappa shape index (κ1) is 27.3. The summed E-state index contributed by atoms with van der Waals surface area (Å²) >= 11 is 0. The highest BCUT2D eigenvalue weighted by Crippen LogP contribution is 2.28. The standard InChI is InChI=1S/C24H39N3O5/c1-8-10-14-25-21(29)20(18-12-11-13-19(28)15-18)27(16(3)9-2)22(30)17(4)26-23(31)32-24(5,6)7/h11-13,15-17,20,28H,8-10,14H2,1-7H3,(H,25,29)(H,26,31). The molecule has 0 radical (unpaired) electrons. The van der Waals surface area contributed by atoms with Crippen LogP contribution in [0, 0.1) is 0 Å². The van der Waals surface area contributed by atoms with Crippen LogP contribution in [0.3, 0.4) is 0 Å². The predicted octanol–water partition coefficient (Wildman–Crippen LogP) is 3.89. The van der Waals surface area contributed by atoms with Gasteiger partial charge in [-0.15, -0.1) is 0 Å². The number of nitrogens with zero attached hydrogens (tertiary/aromatic N) is 1. The second kappa shape index (κ2) is 12.3. The summed E-state index contributed by atoms with van der Waals surface area (Å²) in [6.45, 7) is 13.1. The number of phenols is 1. The Morgan fingerprint density at radius 2 is 1.81 bits per heavy atom. The molecule has 32 heavy (non-hydrogen) atoms. The quantitative estimate of drug-likeness (QED) is 0.470. The Labute approximate surface area is 191 Å². The number of aromatic hydroxyl groups is 1. The van der Waals surface area contributed by atoms with E-state index in [1.54, 1.807) is 39.8 Å². The van der Waals surface area contributed by atoms with E-state index in [0.29, 0.717) is 18.5 Å². The third-order valence-electron chi connectivity index (χ3n) is 4.97. The molecule has 8 nitrogen and oxygen atoms in total. The highest BCUT2D eigenvalue weighted by Gasteiger charge is 2.37. The highest BCUT2D eigenvalue weighted by molar-refractivity contribution is 5.92. The monoisotopic (exact) mass is 449 g/mol. The zero-order chi connectivity index (χ0) is 24.5. The number of carbonyl (C=O) groups is 3. The van der Waals surface area contributed by atoms with Crippen molar-refractivity contribution in [3.63, 3.8) is 0 Å². The summed E-state index contributed by atoms with van der Waals surface area (Å²) in [5.41, 5.74) is -0.205. The molecule has 0 heterocycles. The van der Waals surface area contributed by atoms with E-state index in [4.69, 9.17) is 4.74 Å². The molecule has 8 heteroatoms. The molecule has 0 fully saturated rings. The Hall–Kier alpha value is -2.77. The van der Waals surface area contributed by atoms with Crippen LogP contribution in [0.5, 0.6) is 5.75 Å². The maximum atomic E-state index is 13.5. The predicted molar refractivity (Wildman–Crippen MR) is 124 cm³/mol. The molecule has 0 bridgehead atoms. The molecule has 0 aliphatic rings. The van der Waals surface area contributed by atoms with Gasteiger partial charge in [-0.2, -0.15) is 0 Å². The van der Waals surface area contributed by atoms with Crippen molar-refractivity contribution in [1.29, 1.82) is 0 Å². The Morgan fingerprint density at radius 1 is 1.16 bits per heavy atom. The van der Waals surface area contributed by atoms with Crippen molar-refractivity contribution >= 4 is 17.9 Å². The maximum Gasteiger partial charge on any atom is 0.408 e. The number of rotatable bonds is 10. The van der Waals surface area contributed by atoms with Gasteiger partial charge in [0, 0.05) is 12.6 Å². The Kier molecular flexibility index (Phi) is 10.5. The van der Waals surface area contributed by atoms with Crippen molar-refractivity contribution < 1.29 is 24.2 Å². The fourth-order valence-corrected chi connectivity index (χ4v) is 3.18. The van der Waals surface area contributed by atoms with Crippen molar-refractivity contribution in [3.8, 4) is 5.75 Å². The van der Waals surface area contributed by atoms with Crippen LogP contribution in [-0.4, -0.2) is 52.1 Å². The molecule has 0 saturated carbocycles. The molecule has 3 N–H and O–H groups in total. The van der Waals surface area contributed by atoms with E-state index >= 15 is 0 Å². The molecule has 1 aromatic rings. The van der Waals surface area contributed by atoms with E-state index in [0.717, 1.165) is 12.8 Å². The first-order valence-corrected chi connectivity index (χ1v) is 11.3. The number of unbranched alkanes of at least 4 members (excludes halogenated alkanes) is 1. The van der Waals surface area contributed by atoms with E-state index in [-0.39, 0.29) is 17.7 Å². The Balaban J connectivity index is 3.28. The third kappa shape index (κ3) is 8.40. The topological polar surface area (TPSA) is 108 Å². The van der Waals surface area contributed by atoms with E-state index in [9.17, 15) is 19.5 Å². The van der Waals surface area contributed by atoms with Gasteiger partial charge in [0.25, 0.3) is 0 Å². The zero-order valence-electron chi connectivity index (χ0n) is 20.4. The number of hydrogen-bond acceptors (Lipinski definition) is 5. The van der Waals surface area contributed by atoms with E-state index in [1.165, 1.54) is 17.0 Å². The lowest BCUT2D eigenvalue weighted by Crippen LogP contribution is -2.54. The molecule has 1 aromatic carbocycles. The SMILES string of the molecule is CCCCNC(=O)C(c1cccc(O)c1)N(C(=O)C(C)NC(=O)OC(C)(C)C)C(C)CC. The molecule has 3 amide bonds. The normalized spacial score (nSPS) is 14.1. The number of benzene rings is 1. The molecule has 3 atom stereocenters. The van der Waals surface area contributed by atoms with Crippen molar-refractivity contribution in [2.45, 2.75) is 91.5 Å². The van der Waals surface area contributed by atoms with Crippen LogP contribution in [0.2, 0.25) is 0 Å². The van der Waals surface area contributed by atoms with Crippen LogP contribution in [0.4, 0.5) is 4.79 Å². The lowest BCUT2D eigenvalue weighted by Gasteiger charge is -2.37. The zero-order valence-corrected chi connectivity index (χ0v) is 20.4. The van der Waals surface area contributed by atoms with Crippen LogP contribution in [-0.2, 0) is 14.3 Å². The second-order valence-electron chi connectivity index (χ2n) is 9.01. The summed E-state index contributed by atoms with van der Waals surface area (Å²) in [6, 6.07) is 4.17. The number of ether oxygens (including phenoxy) is 1. The third-order valence-corrected chi connectivity index (χ3v) is 4.97. The summed E-state index contributed by atoms with van der Waals surface area (Å²) in [7, 11) is 0. The smallest absolute Gasteiger partial charge is 0.408 e. The first-order chi connectivity index (χ1) is 14.9. The van der Waals surface area contributed by atoms with Crippen molar-refractivity contribution in [1.82, 2.24) is 15.5 Å². The van der Waals surface area contributed by atoms with Crippen molar-refractivity contribution in [2.75, 3.05) is 6.54 Å². The second-order valence-corrected chi connectivity index (χ2v) is 9.01. The van der Waals surface area contributed by atoms with E-state index in [1.807, 2.05) is 20.8 Å². The summed E-state index contributed by atoms with van der Waals surface area (Å²) < 4.78 is 5.27. The van der Waals surface area contributed by atoms with Crippen molar-refractivity contribution in [3.05, 3.63) is 29.8 Å². The number of amides is 3. The van der Waals surface area contributed by atoms with Crippen LogP contribution in [0.15, 0.2) is 24.3 Å². The van der Waals surface area contributed by atoms with Crippen LogP contribution in [0.1, 0.15) is 79.3 Å². The average molecular weight is 450 g/mol. The Morgan fingerprint density at radius 3 is 2.34 bits per heavy atom. The van der Waals surface area contributed by atoms with Crippen LogP contribution >= 0.6 is 0 Å². The molecule has 0 aromatic heterocycles. The van der Waals surface area contributed by atoms with Gasteiger partial charge in [0.2, 0.25) is 11.8 Å². The molecular weight excluding hydrogens is 410 g/mol. The van der Waals surface area contributed by atoms with E-state index < -0.39 is 29.7 Å². The van der Waals surface area contributed by atoms with Gasteiger partial charge in [0.05, 0.1) is 0 Å². The largest absolute Gasteiger partial charge is 0.508 e. The van der Waals surface area contributed by atoms with Crippen LogP contribution in [0.25, 0.3) is 0 Å². The minimum Gasteiger partial charge on any atom is -0.508 e. The highest BCUT2D eigenvalue weighted by atomic mass is 16.6. The summed E-state index contributed by atoms with van der Waals surface area (Å²) in [4.78, 5) is 40.4. The minimum atomic E-state index is -0.954. The fraction of sp³-hybridized carbons (Fsp3) is 0.625. The number of phenolic OH excluding ortho intramolecular Hbond substituents is 1. The van der Waals surface area contributed by atoms with Crippen LogP contribution < -0.4 is 10.6 Å². The number of hydrogen-bond donors (Lipinski definition) is 3. The fourth-order valence-electron chi connectivity index (χ4n) is 3.18. The summed E-state index contributed by atoms with van der Waals surface area (Å²) in [6.07, 6.45) is 1.63. The minimum absolute atomic E-state index is 0.00494. The molecule has 180 valence electrons.